The van der Waals surface area contributed by atoms with Gasteiger partial charge in [0, 0.05) is 17.1 Å². The molecule has 20 heavy (non-hydrogen) atoms. The summed E-state index contributed by atoms with van der Waals surface area (Å²) in [4.78, 5) is 4.68. The first-order valence-corrected chi connectivity index (χ1v) is 6.61. The van der Waals surface area contributed by atoms with Crippen molar-refractivity contribution in [3.63, 3.8) is 0 Å². The van der Waals surface area contributed by atoms with Gasteiger partial charge in [-0.25, -0.2) is 0 Å². The standard InChI is InChI=1S/C15H21N3O2/c1-9(2)5-10-6-13(18-16)11-7-14(19-3)15(20-4)8-12(11)17-10/h6-9H,5,16H2,1-4H3,(H,17,18). The van der Waals surface area contributed by atoms with Crippen molar-refractivity contribution in [2.45, 2.75) is 20.3 Å². The van der Waals surface area contributed by atoms with Crippen LogP contribution in [-0.2, 0) is 6.42 Å². The topological polar surface area (TPSA) is 69.4 Å². The molecule has 0 fully saturated rings. The first kappa shape index (κ1) is 14.4. The first-order chi connectivity index (χ1) is 9.58. The van der Waals surface area contributed by atoms with E-state index in [1.54, 1.807) is 14.2 Å². The lowest BCUT2D eigenvalue weighted by Crippen LogP contribution is -2.09. The van der Waals surface area contributed by atoms with E-state index in [0.29, 0.717) is 17.4 Å². The Morgan fingerprint density at radius 1 is 1.15 bits per heavy atom. The number of hydrogen-bond acceptors (Lipinski definition) is 5. The number of anilines is 1. The summed E-state index contributed by atoms with van der Waals surface area (Å²) in [5, 5.41) is 0.914. The van der Waals surface area contributed by atoms with Gasteiger partial charge in [0.25, 0.3) is 0 Å². The summed E-state index contributed by atoms with van der Waals surface area (Å²) >= 11 is 0. The molecule has 5 heteroatoms. The molecular formula is C15H21N3O2. The predicted octanol–water partition coefficient (Wildman–Crippen LogP) is 2.74. The van der Waals surface area contributed by atoms with Gasteiger partial charge >= 0.3 is 0 Å². The van der Waals surface area contributed by atoms with Gasteiger partial charge in [-0.3, -0.25) is 10.8 Å². The van der Waals surface area contributed by atoms with Crippen LogP contribution < -0.4 is 20.7 Å². The molecule has 2 aromatic rings. The highest BCUT2D eigenvalue weighted by atomic mass is 16.5. The Balaban J connectivity index is 2.64. The molecule has 5 nitrogen and oxygen atoms in total. The Morgan fingerprint density at radius 3 is 2.35 bits per heavy atom. The lowest BCUT2D eigenvalue weighted by atomic mass is 10.1. The Bertz CT molecular complexity index is 612. The highest BCUT2D eigenvalue weighted by Crippen LogP contribution is 2.34. The lowest BCUT2D eigenvalue weighted by molar-refractivity contribution is 0.356. The molecule has 3 N–H and O–H groups in total. The minimum Gasteiger partial charge on any atom is -0.493 e. The number of methoxy groups -OCH3 is 2. The van der Waals surface area contributed by atoms with Crippen LogP contribution in [0.1, 0.15) is 19.5 Å². The van der Waals surface area contributed by atoms with E-state index in [-0.39, 0.29) is 0 Å². The molecule has 0 saturated carbocycles. The van der Waals surface area contributed by atoms with Crippen molar-refractivity contribution in [3.05, 3.63) is 23.9 Å². The average Bonchev–Trinajstić information content (AvgIpc) is 2.44. The smallest absolute Gasteiger partial charge is 0.162 e. The minimum atomic E-state index is 0.533. The second kappa shape index (κ2) is 5.96. The monoisotopic (exact) mass is 275 g/mol. The molecule has 0 atom stereocenters. The van der Waals surface area contributed by atoms with Crippen molar-refractivity contribution in [2.24, 2.45) is 11.8 Å². The summed E-state index contributed by atoms with van der Waals surface area (Å²) in [6.07, 6.45) is 0.902. The molecule has 1 heterocycles. The molecule has 2 rings (SSSR count). The van der Waals surface area contributed by atoms with Crippen molar-refractivity contribution in [3.8, 4) is 11.5 Å². The minimum absolute atomic E-state index is 0.533. The fraction of sp³-hybridized carbons (Fsp3) is 0.400. The van der Waals surface area contributed by atoms with Gasteiger partial charge in [-0.2, -0.15) is 0 Å². The predicted molar refractivity (Wildman–Crippen MR) is 81.2 cm³/mol. The molecule has 108 valence electrons. The van der Waals surface area contributed by atoms with Gasteiger partial charge < -0.3 is 14.9 Å². The van der Waals surface area contributed by atoms with Crippen LogP contribution >= 0.6 is 0 Å². The van der Waals surface area contributed by atoms with Crippen molar-refractivity contribution in [1.29, 1.82) is 0 Å². The van der Waals surface area contributed by atoms with Crippen LogP contribution in [0.4, 0.5) is 5.69 Å². The van der Waals surface area contributed by atoms with Gasteiger partial charge in [0.1, 0.15) is 0 Å². The van der Waals surface area contributed by atoms with Crippen LogP contribution in [0.2, 0.25) is 0 Å². The summed E-state index contributed by atoms with van der Waals surface area (Å²) in [6.45, 7) is 4.33. The largest absolute Gasteiger partial charge is 0.493 e. The molecule has 0 spiro atoms. The fourth-order valence-corrected chi connectivity index (χ4v) is 2.25. The van der Waals surface area contributed by atoms with E-state index in [4.69, 9.17) is 15.3 Å². The van der Waals surface area contributed by atoms with E-state index in [0.717, 1.165) is 28.7 Å². The van der Waals surface area contributed by atoms with Crippen molar-refractivity contribution >= 4 is 16.6 Å². The summed E-state index contributed by atoms with van der Waals surface area (Å²) in [5.74, 6) is 7.49. The number of nitrogens with two attached hydrogens (primary N) is 1. The number of aromatic nitrogens is 1. The number of hydrogen-bond donors (Lipinski definition) is 2. The third-order valence-corrected chi connectivity index (χ3v) is 3.14. The molecule has 0 aliphatic heterocycles. The Morgan fingerprint density at radius 2 is 1.80 bits per heavy atom. The Labute approximate surface area is 119 Å². The summed E-state index contributed by atoms with van der Waals surface area (Å²) in [5.41, 5.74) is 5.42. The Hall–Kier alpha value is -2.01. The van der Waals surface area contributed by atoms with E-state index in [2.05, 4.69) is 24.3 Å². The van der Waals surface area contributed by atoms with E-state index >= 15 is 0 Å². The zero-order chi connectivity index (χ0) is 14.7. The third-order valence-electron chi connectivity index (χ3n) is 3.14. The number of nitrogen functional groups attached to an aromatic ring is 1. The number of nitrogens with zero attached hydrogens (tertiary/aromatic N) is 1. The highest BCUT2D eigenvalue weighted by molar-refractivity contribution is 5.93. The van der Waals surface area contributed by atoms with Gasteiger partial charge in [-0.1, -0.05) is 13.8 Å². The third kappa shape index (κ3) is 2.77. The number of ether oxygens (including phenoxy) is 2. The molecular weight excluding hydrogens is 254 g/mol. The van der Waals surface area contributed by atoms with Crippen LogP contribution in [0.3, 0.4) is 0 Å². The second-order valence-electron chi connectivity index (χ2n) is 5.13. The number of nitrogens with one attached hydrogen (secondary N) is 1. The van der Waals surface area contributed by atoms with Gasteiger partial charge in [0.15, 0.2) is 11.5 Å². The molecule has 0 amide bonds. The maximum atomic E-state index is 5.63. The average molecular weight is 275 g/mol. The molecule has 0 aliphatic rings. The maximum absolute atomic E-state index is 5.63. The van der Waals surface area contributed by atoms with Crippen molar-refractivity contribution in [2.75, 3.05) is 19.6 Å². The Kier molecular flexibility index (Phi) is 4.29. The molecule has 1 aromatic carbocycles. The van der Waals surface area contributed by atoms with E-state index in [1.165, 1.54) is 0 Å². The molecule has 1 aromatic heterocycles. The quantitative estimate of drug-likeness (QED) is 0.648. The highest BCUT2D eigenvalue weighted by Gasteiger charge is 2.12. The number of fused-ring (bicyclic) bond motifs is 1. The van der Waals surface area contributed by atoms with E-state index in [1.807, 2.05) is 18.2 Å². The number of hydrazine groups is 1. The summed E-state index contributed by atoms with van der Waals surface area (Å²) in [6, 6.07) is 5.74. The zero-order valence-corrected chi connectivity index (χ0v) is 12.4. The molecule has 0 aliphatic carbocycles. The summed E-state index contributed by atoms with van der Waals surface area (Å²) < 4.78 is 10.6. The number of rotatable bonds is 5. The van der Waals surface area contributed by atoms with Gasteiger partial charge in [0.2, 0.25) is 0 Å². The van der Waals surface area contributed by atoms with E-state index in [9.17, 15) is 0 Å². The van der Waals surface area contributed by atoms with Crippen molar-refractivity contribution in [1.82, 2.24) is 4.98 Å². The number of pyridine rings is 1. The first-order valence-electron chi connectivity index (χ1n) is 6.61. The molecule has 0 radical (unpaired) electrons. The van der Waals surface area contributed by atoms with Crippen LogP contribution in [0, 0.1) is 5.92 Å². The van der Waals surface area contributed by atoms with Gasteiger partial charge in [0.05, 0.1) is 25.4 Å². The van der Waals surface area contributed by atoms with Crippen molar-refractivity contribution < 1.29 is 9.47 Å². The van der Waals surface area contributed by atoms with E-state index < -0.39 is 0 Å². The normalized spacial score (nSPS) is 10.9. The molecule has 0 saturated heterocycles. The van der Waals surface area contributed by atoms with Gasteiger partial charge in [-0.05, 0) is 24.5 Å². The molecule has 0 unspecified atom stereocenters. The lowest BCUT2D eigenvalue weighted by Gasteiger charge is -2.13. The van der Waals surface area contributed by atoms with Crippen LogP contribution in [0.25, 0.3) is 10.9 Å². The van der Waals surface area contributed by atoms with Crippen LogP contribution in [-0.4, -0.2) is 19.2 Å². The van der Waals surface area contributed by atoms with Crippen LogP contribution in [0.15, 0.2) is 18.2 Å². The molecule has 0 bridgehead atoms. The summed E-state index contributed by atoms with van der Waals surface area (Å²) in [7, 11) is 3.23. The maximum Gasteiger partial charge on any atom is 0.162 e. The van der Waals surface area contributed by atoms with Gasteiger partial charge in [-0.15, -0.1) is 0 Å². The second-order valence-corrected chi connectivity index (χ2v) is 5.13. The SMILES string of the molecule is COc1cc2nc(CC(C)C)cc(NN)c2cc1OC. The number of benzene rings is 1. The zero-order valence-electron chi connectivity index (χ0n) is 12.4. The van der Waals surface area contributed by atoms with Crippen LogP contribution in [0.5, 0.6) is 11.5 Å². The fourth-order valence-electron chi connectivity index (χ4n) is 2.25.